The van der Waals surface area contributed by atoms with E-state index in [1.54, 1.807) is 0 Å². The third-order valence-corrected chi connectivity index (χ3v) is 5.16. The fourth-order valence-electron chi connectivity index (χ4n) is 3.12. The van der Waals surface area contributed by atoms with Gasteiger partial charge in [0.05, 0.1) is 11.6 Å². The summed E-state index contributed by atoms with van der Waals surface area (Å²) in [6, 6.07) is 7.59. The first kappa shape index (κ1) is 16.6. The van der Waals surface area contributed by atoms with Crippen LogP contribution in [0.1, 0.15) is 32.1 Å². The molecule has 1 amide bonds. The molecule has 0 bridgehead atoms. The van der Waals surface area contributed by atoms with Crippen LogP contribution in [-0.4, -0.2) is 43.1 Å². The number of carbonyl (C=O) groups is 1. The van der Waals surface area contributed by atoms with Crippen LogP contribution >= 0.6 is 11.6 Å². The number of halogens is 1. The molecular formula is C18H25ClN2O2. The summed E-state index contributed by atoms with van der Waals surface area (Å²) in [5.74, 6) is 1.63. The smallest absolute Gasteiger partial charge is 0.234 e. The van der Waals surface area contributed by atoms with Crippen LogP contribution in [0.5, 0.6) is 5.75 Å². The average molecular weight is 337 g/mol. The van der Waals surface area contributed by atoms with Gasteiger partial charge < -0.3 is 10.1 Å². The molecule has 5 heteroatoms. The number of ether oxygens (including phenoxy) is 1. The Kier molecular flexibility index (Phi) is 5.79. The van der Waals surface area contributed by atoms with Gasteiger partial charge in [0.25, 0.3) is 0 Å². The number of hydrogen-bond acceptors (Lipinski definition) is 3. The van der Waals surface area contributed by atoms with Crippen molar-refractivity contribution < 1.29 is 9.53 Å². The highest BCUT2D eigenvalue weighted by Crippen LogP contribution is 2.27. The van der Waals surface area contributed by atoms with Crippen LogP contribution in [-0.2, 0) is 4.79 Å². The van der Waals surface area contributed by atoms with E-state index in [0.717, 1.165) is 38.2 Å². The van der Waals surface area contributed by atoms with Crippen molar-refractivity contribution in [3.8, 4) is 5.75 Å². The largest absolute Gasteiger partial charge is 0.489 e. The monoisotopic (exact) mass is 336 g/mol. The molecule has 2 fully saturated rings. The lowest BCUT2D eigenvalue weighted by molar-refractivity contribution is -0.123. The molecule has 3 rings (SSSR count). The van der Waals surface area contributed by atoms with Crippen molar-refractivity contribution >= 4 is 17.5 Å². The van der Waals surface area contributed by atoms with E-state index < -0.39 is 0 Å². The van der Waals surface area contributed by atoms with Gasteiger partial charge in [-0.1, -0.05) is 30.2 Å². The number of nitrogens with zero attached hydrogens (tertiary/aromatic N) is 1. The summed E-state index contributed by atoms with van der Waals surface area (Å²) in [6.07, 6.45) is 5.90. The molecule has 0 unspecified atom stereocenters. The van der Waals surface area contributed by atoms with Gasteiger partial charge in [-0.25, -0.2) is 0 Å². The standard InChI is InChI=1S/C18H25ClN2O2/c19-16-6-1-2-7-17(16)23-15-8-10-21(11-9-15)13-18(22)20-12-14-4-3-5-14/h1-2,6-7,14-15H,3-5,8-13H2,(H,20,22). The molecule has 0 atom stereocenters. The van der Waals surface area contributed by atoms with E-state index >= 15 is 0 Å². The number of benzene rings is 1. The Balaban J connectivity index is 1.36. The first-order valence-corrected chi connectivity index (χ1v) is 8.99. The van der Waals surface area contributed by atoms with Gasteiger partial charge in [-0.2, -0.15) is 0 Å². The van der Waals surface area contributed by atoms with Gasteiger partial charge in [-0.3, -0.25) is 9.69 Å². The first-order chi connectivity index (χ1) is 11.2. The van der Waals surface area contributed by atoms with Crippen LogP contribution in [0.15, 0.2) is 24.3 Å². The quantitative estimate of drug-likeness (QED) is 0.868. The Morgan fingerprint density at radius 3 is 2.61 bits per heavy atom. The lowest BCUT2D eigenvalue weighted by Gasteiger charge is -2.32. The van der Waals surface area contributed by atoms with Crippen LogP contribution in [0, 0.1) is 5.92 Å². The molecular weight excluding hydrogens is 312 g/mol. The molecule has 1 aliphatic carbocycles. The number of carbonyl (C=O) groups excluding carboxylic acids is 1. The highest BCUT2D eigenvalue weighted by molar-refractivity contribution is 6.32. The maximum atomic E-state index is 12.0. The second kappa shape index (κ2) is 8.02. The first-order valence-electron chi connectivity index (χ1n) is 8.61. The number of para-hydroxylation sites is 1. The highest BCUT2D eigenvalue weighted by atomic mass is 35.5. The highest BCUT2D eigenvalue weighted by Gasteiger charge is 2.23. The Labute approximate surface area is 143 Å². The van der Waals surface area contributed by atoms with E-state index in [9.17, 15) is 4.79 Å². The van der Waals surface area contributed by atoms with Gasteiger partial charge in [-0.05, 0) is 43.7 Å². The molecule has 0 radical (unpaired) electrons. The number of piperidine rings is 1. The van der Waals surface area contributed by atoms with Crippen molar-refractivity contribution in [2.75, 3.05) is 26.2 Å². The van der Waals surface area contributed by atoms with Gasteiger partial charge in [0.15, 0.2) is 0 Å². The van der Waals surface area contributed by atoms with E-state index in [0.29, 0.717) is 17.5 Å². The summed E-state index contributed by atoms with van der Waals surface area (Å²) in [5, 5.41) is 3.72. The Hall–Kier alpha value is -1.26. The summed E-state index contributed by atoms with van der Waals surface area (Å²) < 4.78 is 5.98. The molecule has 4 nitrogen and oxygen atoms in total. The lowest BCUT2D eigenvalue weighted by atomic mass is 9.85. The van der Waals surface area contributed by atoms with Crippen molar-refractivity contribution in [2.24, 2.45) is 5.92 Å². The predicted molar refractivity (Wildman–Crippen MR) is 91.9 cm³/mol. The molecule has 1 heterocycles. The summed E-state index contributed by atoms with van der Waals surface area (Å²) in [4.78, 5) is 14.2. The number of likely N-dealkylation sites (tertiary alicyclic amines) is 1. The number of amides is 1. The van der Waals surface area contributed by atoms with Crippen LogP contribution < -0.4 is 10.1 Å². The van der Waals surface area contributed by atoms with E-state index in [-0.39, 0.29) is 12.0 Å². The summed E-state index contributed by atoms with van der Waals surface area (Å²) in [5.41, 5.74) is 0. The second-order valence-corrected chi connectivity index (χ2v) is 7.03. The summed E-state index contributed by atoms with van der Waals surface area (Å²) >= 11 is 6.13. The SMILES string of the molecule is O=C(CN1CCC(Oc2ccccc2Cl)CC1)NCC1CCC1. The van der Waals surface area contributed by atoms with E-state index in [4.69, 9.17) is 16.3 Å². The van der Waals surface area contributed by atoms with Crippen molar-refractivity contribution in [2.45, 2.75) is 38.2 Å². The van der Waals surface area contributed by atoms with Crippen molar-refractivity contribution in [1.82, 2.24) is 10.2 Å². The molecule has 0 spiro atoms. The van der Waals surface area contributed by atoms with Crippen LogP contribution in [0.25, 0.3) is 0 Å². The topological polar surface area (TPSA) is 41.6 Å². The minimum Gasteiger partial charge on any atom is -0.489 e. The summed E-state index contributed by atoms with van der Waals surface area (Å²) in [6.45, 7) is 3.15. The molecule has 1 aliphatic heterocycles. The molecule has 1 aromatic rings. The molecule has 1 saturated heterocycles. The summed E-state index contributed by atoms with van der Waals surface area (Å²) in [7, 11) is 0. The molecule has 2 aliphatic rings. The van der Waals surface area contributed by atoms with Crippen molar-refractivity contribution in [3.63, 3.8) is 0 Å². The van der Waals surface area contributed by atoms with Crippen LogP contribution in [0.2, 0.25) is 5.02 Å². The van der Waals surface area contributed by atoms with Crippen molar-refractivity contribution in [3.05, 3.63) is 29.3 Å². The van der Waals surface area contributed by atoms with Crippen LogP contribution in [0.3, 0.4) is 0 Å². The van der Waals surface area contributed by atoms with E-state index in [1.165, 1.54) is 19.3 Å². The second-order valence-electron chi connectivity index (χ2n) is 6.62. The van der Waals surface area contributed by atoms with Gasteiger partial charge in [0, 0.05) is 19.6 Å². The zero-order chi connectivity index (χ0) is 16.1. The Morgan fingerprint density at radius 2 is 1.96 bits per heavy atom. The maximum absolute atomic E-state index is 12.0. The van der Waals surface area contributed by atoms with E-state index in [2.05, 4.69) is 10.2 Å². The van der Waals surface area contributed by atoms with Gasteiger partial charge >= 0.3 is 0 Å². The molecule has 1 aromatic carbocycles. The van der Waals surface area contributed by atoms with Gasteiger partial charge in [-0.15, -0.1) is 0 Å². The number of hydrogen-bond donors (Lipinski definition) is 1. The van der Waals surface area contributed by atoms with Crippen molar-refractivity contribution in [1.29, 1.82) is 0 Å². The Bertz CT molecular complexity index is 526. The zero-order valence-corrected chi connectivity index (χ0v) is 14.2. The van der Waals surface area contributed by atoms with Gasteiger partial charge in [0.1, 0.15) is 11.9 Å². The normalized spacial score (nSPS) is 20.0. The molecule has 1 saturated carbocycles. The lowest BCUT2D eigenvalue weighted by Crippen LogP contribution is -2.44. The molecule has 126 valence electrons. The minimum atomic E-state index is 0.155. The molecule has 23 heavy (non-hydrogen) atoms. The Morgan fingerprint density at radius 1 is 1.22 bits per heavy atom. The predicted octanol–water partition coefficient (Wildman–Crippen LogP) is 3.10. The molecule has 0 aromatic heterocycles. The van der Waals surface area contributed by atoms with Crippen LogP contribution in [0.4, 0.5) is 0 Å². The minimum absolute atomic E-state index is 0.155. The third kappa shape index (κ3) is 4.85. The fraction of sp³-hybridized carbons (Fsp3) is 0.611. The number of nitrogens with one attached hydrogen (secondary N) is 1. The third-order valence-electron chi connectivity index (χ3n) is 4.84. The average Bonchev–Trinajstić information content (AvgIpc) is 2.50. The zero-order valence-electron chi connectivity index (χ0n) is 13.5. The van der Waals surface area contributed by atoms with E-state index in [1.807, 2.05) is 24.3 Å². The molecule has 1 N–H and O–H groups in total. The number of rotatable bonds is 6. The van der Waals surface area contributed by atoms with Gasteiger partial charge in [0.2, 0.25) is 5.91 Å². The fourth-order valence-corrected chi connectivity index (χ4v) is 3.30. The maximum Gasteiger partial charge on any atom is 0.234 e.